The van der Waals surface area contributed by atoms with E-state index in [0.717, 1.165) is 18.6 Å². The summed E-state index contributed by atoms with van der Waals surface area (Å²) < 4.78 is 37.5. The Balaban J connectivity index is 2.46. The summed E-state index contributed by atoms with van der Waals surface area (Å²) in [6.07, 6.45) is 1.05. The van der Waals surface area contributed by atoms with Crippen molar-refractivity contribution in [3.05, 3.63) is 29.8 Å². The van der Waals surface area contributed by atoms with Crippen LogP contribution >= 0.6 is 0 Å². The number of guanidine groups is 1. The van der Waals surface area contributed by atoms with Crippen molar-refractivity contribution in [2.75, 3.05) is 47.1 Å². The molecule has 0 aliphatic heterocycles. The summed E-state index contributed by atoms with van der Waals surface area (Å²) in [7, 11) is -0.332. The lowest BCUT2D eigenvalue weighted by Crippen LogP contribution is -2.38. The first-order valence-electron chi connectivity index (χ1n) is 9.49. The lowest BCUT2D eigenvalue weighted by Gasteiger charge is -2.13. The largest absolute Gasteiger partial charge is 0.383 e. The van der Waals surface area contributed by atoms with Gasteiger partial charge in [-0.05, 0) is 30.0 Å². The quantitative estimate of drug-likeness (QED) is 0.256. The summed E-state index contributed by atoms with van der Waals surface area (Å²) >= 11 is 0. The Morgan fingerprint density at radius 3 is 2.61 bits per heavy atom. The zero-order chi connectivity index (χ0) is 20.8. The van der Waals surface area contributed by atoms with E-state index in [-0.39, 0.29) is 11.4 Å². The van der Waals surface area contributed by atoms with Gasteiger partial charge in [-0.3, -0.25) is 4.99 Å². The average molecular weight is 415 g/mol. The van der Waals surface area contributed by atoms with Gasteiger partial charge in [0.2, 0.25) is 10.0 Å². The maximum absolute atomic E-state index is 12.3. The molecule has 160 valence electrons. The smallest absolute Gasteiger partial charge is 0.240 e. The molecule has 28 heavy (non-hydrogen) atoms. The van der Waals surface area contributed by atoms with Crippen LogP contribution < -0.4 is 15.4 Å². The highest BCUT2D eigenvalue weighted by molar-refractivity contribution is 7.89. The average Bonchev–Trinajstić information content (AvgIpc) is 2.67. The van der Waals surface area contributed by atoms with Crippen molar-refractivity contribution in [1.82, 2.24) is 15.4 Å². The number of rotatable bonds is 13. The van der Waals surface area contributed by atoms with Gasteiger partial charge in [-0.2, -0.15) is 0 Å². The first-order chi connectivity index (χ1) is 13.4. The second-order valence-electron chi connectivity index (χ2n) is 6.69. The molecule has 0 radical (unpaired) electrons. The third-order valence-electron chi connectivity index (χ3n) is 3.87. The summed E-state index contributed by atoms with van der Waals surface area (Å²) in [5, 5.41) is 6.35. The molecule has 8 nitrogen and oxygen atoms in total. The summed E-state index contributed by atoms with van der Waals surface area (Å²) in [6.45, 7) is 7.36. The van der Waals surface area contributed by atoms with Crippen LogP contribution in [0.4, 0.5) is 0 Å². The number of nitrogens with one attached hydrogen (secondary N) is 3. The number of hydrogen-bond donors (Lipinski definition) is 3. The fraction of sp³-hybridized carbons (Fsp3) is 0.632. The van der Waals surface area contributed by atoms with Gasteiger partial charge in [-0.1, -0.05) is 26.0 Å². The van der Waals surface area contributed by atoms with Gasteiger partial charge in [-0.15, -0.1) is 0 Å². The molecular formula is C19H34N4O4S. The zero-order valence-electron chi connectivity index (χ0n) is 17.3. The van der Waals surface area contributed by atoms with Gasteiger partial charge in [-0.25, -0.2) is 13.1 Å². The molecule has 3 N–H and O–H groups in total. The fourth-order valence-electron chi connectivity index (χ4n) is 2.25. The van der Waals surface area contributed by atoms with E-state index in [1.807, 2.05) is 6.07 Å². The lowest BCUT2D eigenvalue weighted by molar-refractivity contribution is 0.128. The SMILES string of the molecule is CN=C(NCCOCCC(C)C)NCc1cccc(S(=O)(=O)NCCOC)c1. The van der Waals surface area contributed by atoms with Crippen LogP contribution in [0.3, 0.4) is 0 Å². The summed E-state index contributed by atoms with van der Waals surface area (Å²) in [5.74, 6) is 1.27. The van der Waals surface area contributed by atoms with E-state index in [1.54, 1.807) is 25.2 Å². The number of ether oxygens (including phenoxy) is 2. The molecule has 0 aliphatic carbocycles. The molecule has 0 amide bonds. The van der Waals surface area contributed by atoms with E-state index in [2.05, 4.69) is 34.2 Å². The molecule has 1 aromatic rings. The standard InChI is InChI=1S/C19H34N4O4S/c1-16(2)8-11-27-13-9-21-19(20-3)22-15-17-6-5-7-18(14-17)28(24,25)23-10-12-26-4/h5-7,14,16,23H,8-13,15H2,1-4H3,(H2,20,21,22). The molecule has 1 aromatic carbocycles. The summed E-state index contributed by atoms with van der Waals surface area (Å²) in [5.41, 5.74) is 0.839. The minimum atomic E-state index is -3.55. The molecular weight excluding hydrogens is 380 g/mol. The van der Waals surface area contributed by atoms with Gasteiger partial charge in [0.05, 0.1) is 18.1 Å². The van der Waals surface area contributed by atoms with Crippen LogP contribution in [-0.4, -0.2) is 61.4 Å². The molecule has 0 unspecified atom stereocenters. The Labute approximate surface area is 169 Å². The van der Waals surface area contributed by atoms with E-state index >= 15 is 0 Å². The molecule has 0 fully saturated rings. The lowest BCUT2D eigenvalue weighted by atomic mass is 10.1. The topological polar surface area (TPSA) is 101 Å². The number of methoxy groups -OCH3 is 1. The van der Waals surface area contributed by atoms with Crippen LogP contribution in [-0.2, 0) is 26.0 Å². The van der Waals surface area contributed by atoms with Crippen molar-refractivity contribution >= 4 is 16.0 Å². The van der Waals surface area contributed by atoms with Crippen LogP contribution in [0.5, 0.6) is 0 Å². The zero-order valence-corrected chi connectivity index (χ0v) is 18.1. The molecule has 0 saturated heterocycles. The Morgan fingerprint density at radius 1 is 1.14 bits per heavy atom. The van der Waals surface area contributed by atoms with E-state index in [4.69, 9.17) is 9.47 Å². The number of hydrogen-bond acceptors (Lipinski definition) is 5. The Bertz CT molecular complexity index is 693. The number of sulfonamides is 1. The molecule has 1 rings (SSSR count). The fourth-order valence-corrected chi connectivity index (χ4v) is 3.34. The minimum absolute atomic E-state index is 0.226. The second-order valence-corrected chi connectivity index (χ2v) is 8.45. The number of nitrogens with zero attached hydrogens (tertiary/aromatic N) is 1. The van der Waals surface area contributed by atoms with Crippen molar-refractivity contribution < 1.29 is 17.9 Å². The highest BCUT2D eigenvalue weighted by atomic mass is 32.2. The van der Waals surface area contributed by atoms with Crippen LogP contribution in [0.2, 0.25) is 0 Å². The predicted octanol–water partition coefficient (Wildman–Crippen LogP) is 1.34. The molecule has 0 heterocycles. The van der Waals surface area contributed by atoms with Gasteiger partial charge in [0.1, 0.15) is 0 Å². The maximum atomic E-state index is 12.3. The van der Waals surface area contributed by atoms with Crippen LogP contribution in [0.25, 0.3) is 0 Å². The van der Waals surface area contributed by atoms with E-state index in [9.17, 15) is 8.42 Å². The first-order valence-corrected chi connectivity index (χ1v) is 11.0. The molecule has 0 saturated carbocycles. The first kappa shape index (κ1) is 24.4. The minimum Gasteiger partial charge on any atom is -0.383 e. The van der Waals surface area contributed by atoms with Crippen molar-refractivity contribution in [3.63, 3.8) is 0 Å². The van der Waals surface area contributed by atoms with Crippen molar-refractivity contribution in [3.8, 4) is 0 Å². The molecule has 0 spiro atoms. The second kappa shape index (κ2) is 13.5. The molecule has 0 atom stereocenters. The van der Waals surface area contributed by atoms with Crippen molar-refractivity contribution in [1.29, 1.82) is 0 Å². The van der Waals surface area contributed by atoms with Gasteiger partial charge in [0.15, 0.2) is 5.96 Å². The molecule has 9 heteroatoms. The third kappa shape index (κ3) is 10.0. The molecule has 0 aliphatic rings. The Morgan fingerprint density at radius 2 is 1.93 bits per heavy atom. The van der Waals surface area contributed by atoms with Crippen LogP contribution in [0.1, 0.15) is 25.8 Å². The normalized spacial score (nSPS) is 12.4. The van der Waals surface area contributed by atoms with Gasteiger partial charge in [0.25, 0.3) is 0 Å². The molecule has 0 aromatic heterocycles. The van der Waals surface area contributed by atoms with E-state index in [0.29, 0.717) is 38.2 Å². The van der Waals surface area contributed by atoms with E-state index in [1.165, 1.54) is 7.11 Å². The Kier molecular flexibility index (Phi) is 11.7. The highest BCUT2D eigenvalue weighted by Crippen LogP contribution is 2.11. The Hall–Kier alpha value is -1.68. The van der Waals surface area contributed by atoms with E-state index < -0.39 is 10.0 Å². The highest BCUT2D eigenvalue weighted by Gasteiger charge is 2.13. The van der Waals surface area contributed by atoms with Gasteiger partial charge < -0.3 is 20.1 Å². The van der Waals surface area contributed by atoms with Gasteiger partial charge >= 0.3 is 0 Å². The van der Waals surface area contributed by atoms with Crippen molar-refractivity contribution in [2.24, 2.45) is 10.9 Å². The predicted molar refractivity (Wildman–Crippen MR) is 112 cm³/mol. The van der Waals surface area contributed by atoms with Gasteiger partial charge in [0, 0.05) is 40.4 Å². The summed E-state index contributed by atoms with van der Waals surface area (Å²) in [6, 6.07) is 6.80. The van der Waals surface area contributed by atoms with Crippen LogP contribution in [0, 0.1) is 5.92 Å². The third-order valence-corrected chi connectivity index (χ3v) is 5.33. The van der Waals surface area contributed by atoms with Crippen molar-refractivity contribution in [2.45, 2.75) is 31.7 Å². The maximum Gasteiger partial charge on any atom is 0.240 e. The van der Waals surface area contributed by atoms with Crippen LogP contribution in [0.15, 0.2) is 34.2 Å². The number of aliphatic imine (C=N–C) groups is 1. The molecule has 0 bridgehead atoms. The monoisotopic (exact) mass is 414 g/mol. The summed E-state index contributed by atoms with van der Waals surface area (Å²) in [4.78, 5) is 4.39. The number of benzene rings is 1.